The number of halogens is 1. The molecule has 0 unspecified atom stereocenters. The third-order valence-electron chi connectivity index (χ3n) is 6.89. The first-order valence-electron chi connectivity index (χ1n) is 13.4. The first-order valence-corrected chi connectivity index (χ1v) is 13.7. The largest absolute Gasteiger partial charge is 0.459 e. The van der Waals surface area contributed by atoms with Crippen LogP contribution in [0.15, 0.2) is 110 Å². The molecule has 0 aromatic heterocycles. The van der Waals surface area contributed by atoms with Crippen molar-refractivity contribution in [1.82, 2.24) is 14.5 Å². The fraction of sp³-hybridized carbons (Fsp3) is 0.156. The predicted molar refractivity (Wildman–Crippen MR) is 154 cm³/mol. The van der Waals surface area contributed by atoms with Crippen molar-refractivity contribution in [1.29, 1.82) is 0 Å². The maximum atomic E-state index is 13.3. The molecule has 0 N–H and O–H groups in total. The van der Waals surface area contributed by atoms with E-state index in [1.807, 2.05) is 0 Å². The molecule has 0 saturated carbocycles. The van der Waals surface area contributed by atoms with Crippen LogP contribution in [0.1, 0.15) is 37.3 Å². The third-order valence-corrected chi connectivity index (χ3v) is 7.20. The number of aromatic nitrogens is 3. The summed E-state index contributed by atoms with van der Waals surface area (Å²) in [5, 5.41) is 0.222. The molecule has 10 nitrogen and oxygen atoms in total. The van der Waals surface area contributed by atoms with E-state index in [-0.39, 0.29) is 22.9 Å². The van der Waals surface area contributed by atoms with E-state index in [1.165, 1.54) is 6.33 Å². The number of carbonyl (C=O) groups is 3. The molecular weight excluding hydrogens is 574 g/mol. The van der Waals surface area contributed by atoms with Gasteiger partial charge in [-0.2, -0.15) is 0 Å². The summed E-state index contributed by atoms with van der Waals surface area (Å²) in [6.45, 7) is -0.310. The van der Waals surface area contributed by atoms with Gasteiger partial charge in [0.1, 0.15) is 30.0 Å². The number of hydrogen-bond donors (Lipinski definition) is 0. The van der Waals surface area contributed by atoms with Crippen molar-refractivity contribution >= 4 is 29.5 Å². The second-order valence-electron chi connectivity index (χ2n) is 9.63. The summed E-state index contributed by atoms with van der Waals surface area (Å²) in [4.78, 5) is 48.1. The van der Waals surface area contributed by atoms with E-state index in [4.69, 9.17) is 30.5 Å². The molecule has 1 fully saturated rings. The molecule has 43 heavy (non-hydrogen) atoms. The fourth-order valence-corrected chi connectivity index (χ4v) is 4.99. The third kappa shape index (κ3) is 5.97. The Morgan fingerprint density at radius 1 is 0.721 bits per heavy atom. The molecular formula is C32H24ClN3O7. The standard InChI is InChI=1S/C32H24ClN3O7/c33-27-23-16-17-34-28(23)36(19-35-27)29-26(43-32(39)22-14-8-3-9-15-22)25(42-31(38)21-12-6-2-7-13-21)24(41-29)18-40-30(37)20-10-4-1-5-11-20/h1-17,19,24-26,29H,18H2/t24-,25-,26-,29-/m1/s1. The first-order chi connectivity index (χ1) is 21.0. The molecule has 4 atom stereocenters. The minimum Gasteiger partial charge on any atom is -0.459 e. The Morgan fingerprint density at radius 3 is 1.84 bits per heavy atom. The summed E-state index contributed by atoms with van der Waals surface area (Å²) in [6.07, 6.45) is -1.55. The van der Waals surface area contributed by atoms with Gasteiger partial charge in [-0.3, -0.25) is 4.57 Å². The van der Waals surface area contributed by atoms with E-state index in [0.29, 0.717) is 17.0 Å². The van der Waals surface area contributed by atoms with E-state index in [1.54, 1.807) is 108 Å². The lowest BCUT2D eigenvalue weighted by Gasteiger charge is -2.26. The van der Waals surface area contributed by atoms with Crippen molar-refractivity contribution in [2.75, 3.05) is 6.61 Å². The quantitative estimate of drug-likeness (QED) is 0.134. The predicted octanol–water partition coefficient (Wildman–Crippen LogP) is 5.24. The van der Waals surface area contributed by atoms with Crippen molar-refractivity contribution in [3.05, 3.63) is 131 Å². The molecule has 0 spiro atoms. The van der Waals surface area contributed by atoms with Crippen molar-refractivity contribution < 1.29 is 33.3 Å². The lowest BCUT2D eigenvalue weighted by atomic mass is 10.1. The number of fused-ring (bicyclic) bond motifs is 1. The van der Waals surface area contributed by atoms with Crippen LogP contribution in [0.3, 0.4) is 0 Å². The number of nitrogens with zero attached hydrogens (tertiary/aromatic N) is 3. The second-order valence-corrected chi connectivity index (χ2v) is 9.98. The number of esters is 3. The van der Waals surface area contributed by atoms with Gasteiger partial charge < -0.3 is 18.9 Å². The van der Waals surface area contributed by atoms with E-state index in [9.17, 15) is 14.4 Å². The summed E-state index contributed by atoms with van der Waals surface area (Å²) in [7, 11) is 0. The molecule has 3 aliphatic heterocycles. The number of ether oxygens (including phenoxy) is 4. The van der Waals surface area contributed by atoms with Gasteiger partial charge in [0.2, 0.25) is 0 Å². The fourth-order valence-electron chi connectivity index (χ4n) is 4.80. The summed E-state index contributed by atoms with van der Waals surface area (Å²) in [6, 6.07) is 26.9. The van der Waals surface area contributed by atoms with Crippen LogP contribution in [0.5, 0.6) is 0 Å². The molecule has 11 heteroatoms. The summed E-state index contributed by atoms with van der Waals surface area (Å²) in [5.41, 5.74) is 1.43. The van der Waals surface area contributed by atoms with E-state index in [0.717, 1.165) is 0 Å². The Labute approximate surface area is 251 Å². The van der Waals surface area contributed by atoms with Gasteiger partial charge >= 0.3 is 17.9 Å². The molecule has 1 saturated heterocycles. The number of rotatable bonds is 8. The highest BCUT2D eigenvalue weighted by molar-refractivity contribution is 6.32. The molecule has 0 aliphatic carbocycles. The Kier molecular flexibility index (Phi) is 8.12. The lowest BCUT2D eigenvalue weighted by molar-refractivity contribution is -0.0621. The van der Waals surface area contributed by atoms with Crippen molar-refractivity contribution in [2.24, 2.45) is 0 Å². The second kappa shape index (κ2) is 12.4. The maximum absolute atomic E-state index is 13.3. The number of hydrogen-bond acceptors (Lipinski definition) is 9. The van der Waals surface area contributed by atoms with Crippen LogP contribution in [0, 0.1) is 0 Å². The van der Waals surface area contributed by atoms with Gasteiger partial charge in [-0.1, -0.05) is 66.2 Å². The Hall–Kier alpha value is -5.06. The van der Waals surface area contributed by atoms with Crippen molar-refractivity contribution in [3.63, 3.8) is 0 Å². The molecule has 0 amide bonds. The average Bonchev–Trinajstić information content (AvgIpc) is 3.68. The topological polar surface area (TPSA) is 119 Å². The van der Waals surface area contributed by atoms with Gasteiger partial charge in [0.25, 0.3) is 0 Å². The summed E-state index contributed by atoms with van der Waals surface area (Å²) >= 11 is 6.30. The zero-order valence-electron chi connectivity index (χ0n) is 22.5. The monoisotopic (exact) mass is 597 g/mol. The van der Waals surface area contributed by atoms with Crippen LogP contribution >= 0.6 is 11.6 Å². The highest BCUT2D eigenvalue weighted by Gasteiger charge is 2.52. The van der Waals surface area contributed by atoms with E-state index in [2.05, 4.69) is 9.97 Å². The molecule has 0 bridgehead atoms. The van der Waals surface area contributed by atoms with E-state index >= 15 is 0 Å². The summed E-state index contributed by atoms with van der Waals surface area (Å²) < 4.78 is 25.4. The first kappa shape index (κ1) is 28.1. The summed E-state index contributed by atoms with van der Waals surface area (Å²) in [5.74, 6) is -1.54. The normalized spacial score (nSPS) is 19.6. The smallest absolute Gasteiger partial charge is 0.338 e. The van der Waals surface area contributed by atoms with Crippen LogP contribution in [0.4, 0.5) is 0 Å². The van der Waals surface area contributed by atoms with Crippen molar-refractivity contribution in [3.8, 4) is 11.4 Å². The highest BCUT2D eigenvalue weighted by Crippen LogP contribution is 2.39. The number of carbonyl (C=O) groups excluding carboxylic acids is 3. The zero-order valence-corrected chi connectivity index (χ0v) is 23.2. The van der Waals surface area contributed by atoms with Crippen LogP contribution < -0.4 is 0 Å². The molecule has 3 aromatic rings. The lowest BCUT2D eigenvalue weighted by Crippen LogP contribution is -2.41. The molecule has 0 radical (unpaired) electrons. The maximum Gasteiger partial charge on any atom is 0.338 e. The van der Waals surface area contributed by atoms with Crippen LogP contribution in [-0.4, -0.2) is 57.4 Å². The molecule has 3 heterocycles. The zero-order chi connectivity index (χ0) is 29.8. The van der Waals surface area contributed by atoms with Crippen LogP contribution in [0.25, 0.3) is 11.4 Å². The Balaban J connectivity index is 1.37. The molecule has 3 aromatic carbocycles. The van der Waals surface area contributed by atoms with Gasteiger partial charge in [-0.05, 0) is 42.5 Å². The Morgan fingerprint density at radius 2 is 1.26 bits per heavy atom. The molecule has 216 valence electrons. The number of benzene rings is 3. The average molecular weight is 598 g/mol. The Bertz CT molecular complexity index is 1700. The molecule has 3 aliphatic rings. The van der Waals surface area contributed by atoms with Gasteiger partial charge in [0, 0.05) is 6.20 Å². The molecule has 6 rings (SSSR count). The van der Waals surface area contributed by atoms with Crippen molar-refractivity contribution in [2.45, 2.75) is 24.5 Å². The van der Waals surface area contributed by atoms with Gasteiger partial charge in [-0.15, -0.1) is 0 Å². The minimum absolute atomic E-state index is 0.222. The van der Waals surface area contributed by atoms with Gasteiger partial charge in [0.15, 0.2) is 18.4 Å². The van der Waals surface area contributed by atoms with Gasteiger partial charge in [0.05, 0.1) is 22.3 Å². The van der Waals surface area contributed by atoms with E-state index < -0.39 is 42.4 Å². The van der Waals surface area contributed by atoms with Gasteiger partial charge in [-0.25, -0.2) is 24.4 Å². The minimum atomic E-state index is -1.20. The SMILES string of the molecule is O=C(OC[C@H]1O[C@@H](n2cnc(Cl)c3ccnc2-3)[C@H](OC(=O)c2ccccc2)[C@@H]1OC(=O)c1ccccc1)c1ccccc1. The van der Waals surface area contributed by atoms with Crippen LogP contribution in [-0.2, 0) is 18.9 Å². The highest BCUT2D eigenvalue weighted by atomic mass is 35.5. The van der Waals surface area contributed by atoms with Crippen LogP contribution in [0.2, 0.25) is 5.15 Å².